The minimum atomic E-state index is -0.590. The number of carbonyl (C=O) groups is 1. The number of carbonyl (C=O) groups excluding carboxylic acids is 1. The van der Waals surface area contributed by atoms with Gasteiger partial charge in [0.1, 0.15) is 5.78 Å². The van der Waals surface area contributed by atoms with Gasteiger partial charge in [0.2, 0.25) is 0 Å². The van der Waals surface area contributed by atoms with E-state index in [4.69, 9.17) is 4.74 Å². The Bertz CT molecular complexity index is 232. The fourth-order valence-electron chi connectivity index (χ4n) is 2.13. The second-order valence-corrected chi connectivity index (χ2v) is 4.49. The van der Waals surface area contributed by atoms with E-state index in [-0.39, 0.29) is 23.8 Å². The molecular formula is C11H21NO3. The molecule has 0 amide bonds. The molecule has 0 radical (unpaired) electrons. The van der Waals surface area contributed by atoms with E-state index in [2.05, 4.69) is 4.90 Å². The van der Waals surface area contributed by atoms with Crippen LogP contribution in [0.3, 0.4) is 0 Å². The van der Waals surface area contributed by atoms with Crippen molar-refractivity contribution < 1.29 is 14.6 Å². The lowest BCUT2D eigenvalue weighted by molar-refractivity contribution is -0.124. The lowest BCUT2D eigenvalue weighted by Gasteiger charge is -2.27. The average Bonchev–Trinajstić information content (AvgIpc) is 2.57. The van der Waals surface area contributed by atoms with E-state index in [1.54, 1.807) is 14.0 Å². The number of likely N-dealkylation sites (tertiary alicyclic amines) is 1. The normalized spacial score (nSPS) is 31.5. The number of likely N-dealkylation sites (N-methyl/N-ethyl adjacent to an activating group) is 1. The van der Waals surface area contributed by atoms with Crippen molar-refractivity contribution >= 4 is 5.78 Å². The third kappa shape index (κ3) is 2.77. The van der Waals surface area contributed by atoms with Gasteiger partial charge in [-0.15, -0.1) is 0 Å². The summed E-state index contributed by atoms with van der Waals surface area (Å²) in [6.07, 6.45) is 0.382. The second kappa shape index (κ2) is 5.05. The van der Waals surface area contributed by atoms with Crippen molar-refractivity contribution in [2.45, 2.75) is 38.5 Å². The molecule has 1 fully saturated rings. The van der Waals surface area contributed by atoms with Gasteiger partial charge in [0.05, 0.1) is 12.2 Å². The first kappa shape index (κ1) is 12.6. The predicted octanol–water partition coefficient (Wildman–Crippen LogP) is 0.291. The zero-order valence-electron chi connectivity index (χ0n) is 9.93. The van der Waals surface area contributed by atoms with Crippen LogP contribution >= 0.6 is 0 Å². The highest BCUT2D eigenvalue weighted by Crippen LogP contribution is 2.24. The number of nitrogens with zero attached hydrogens (tertiary/aromatic N) is 1. The van der Waals surface area contributed by atoms with Crippen molar-refractivity contribution in [3.8, 4) is 0 Å². The zero-order chi connectivity index (χ0) is 11.6. The van der Waals surface area contributed by atoms with Crippen LogP contribution in [0.4, 0.5) is 0 Å². The Morgan fingerprint density at radius 3 is 2.60 bits per heavy atom. The summed E-state index contributed by atoms with van der Waals surface area (Å²) in [5, 5.41) is 10.1. The predicted molar refractivity (Wildman–Crippen MR) is 57.7 cm³/mol. The molecule has 0 aliphatic carbocycles. The number of hydrogen-bond acceptors (Lipinski definition) is 4. The number of aliphatic hydroxyl groups excluding tert-OH is 1. The molecule has 2 unspecified atom stereocenters. The van der Waals surface area contributed by atoms with Crippen LogP contribution in [0, 0.1) is 5.92 Å². The number of ketones is 1. The molecule has 88 valence electrons. The molecule has 1 rings (SSSR count). The van der Waals surface area contributed by atoms with Gasteiger partial charge in [-0.3, -0.25) is 9.69 Å². The van der Waals surface area contributed by atoms with Crippen molar-refractivity contribution in [1.29, 1.82) is 0 Å². The number of methoxy groups -OCH3 is 1. The number of ether oxygens (including phenoxy) is 1. The van der Waals surface area contributed by atoms with Gasteiger partial charge in [-0.25, -0.2) is 0 Å². The minimum Gasteiger partial charge on any atom is -0.391 e. The second-order valence-electron chi connectivity index (χ2n) is 4.49. The summed E-state index contributed by atoms with van der Waals surface area (Å²) < 4.78 is 5.26. The maximum atomic E-state index is 11.2. The molecule has 0 spiro atoms. The van der Waals surface area contributed by atoms with Gasteiger partial charge in [-0.1, -0.05) is 6.92 Å². The van der Waals surface area contributed by atoms with E-state index in [0.29, 0.717) is 0 Å². The lowest BCUT2D eigenvalue weighted by Crippen LogP contribution is -2.42. The standard InChI is InChI=1S/C11H21NO3/c1-7(8(2)13)11(14)10-5-9(15-4)6-12(10)3/h7,9-11,14H,5-6H2,1-4H3/t7-,9?,10+,11?/m1/s1. The Balaban J connectivity index is 2.60. The Morgan fingerprint density at radius 2 is 2.20 bits per heavy atom. The molecule has 15 heavy (non-hydrogen) atoms. The van der Waals surface area contributed by atoms with E-state index in [1.807, 2.05) is 7.05 Å². The summed E-state index contributed by atoms with van der Waals surface area (Å²) in [6, 6.07) is 0.0360. The Hall–Kier alpha value is -0.450. The van der Waals surface area contributed by atoms with Gasteiger partial charge in [-0.2, -0.15) is 0 Å². The van der Waals surface area contributed by atoms with E-state index in [1.165, 1.54) is 6.92 Å². The topological polar surface area (TPSA) is 49.8 Å². The highest BCUT2D eigenvalue weighted by atomic mass is 16.5. The highest BCUT2D eigenvalue weighted by molar-refractivity contribution is 5.78. The van der Waals surface area contributed by atoms with Crippen molar-refractivity contribution in [2.24, 2.45) is 5.92 Å². The van der Waals surface area contributed by atoms with Crippen LogP contribution in [0.5, 0.6) is 0 Å². The van der Waals surface area contributed by atoms with Gasteiger partial charge < -0.3 is 9.84 Å². The monoisotopic (exact) mass is 215 g/mol. The van der Waals surface area contributed by atoms with E-state index in [9.17, 15) is 9.90 Å². The Morgan fingerprint density at radius 1 is 1.60 bits per heavy atom. The fraction of sp³-hybridized carbons (Fsp3) is 0.909. The van der Waals surface area contributed by atoms with Gasteiger partial charge in [0.25, 0.3) is 0 Å². The maximum absolute atomic E-state index is 11.2. The first-order chi connectivity index (χ1) is 6.97. The molecule has 4 heteroatoms. The van der Waals surface area contributed by atoms with E-state index >= 15 is 0 Å². The number of aliphatic hydroxyl groups is 1. The van der Waals surface area contributed by atoms with Gasteiger partial charge >= 0.3 is 0 Å². The zero-order valence-corrected chi connectivity index (χ0v) is 9.93. The summed E-state index contributed by atoms with van der Waals surface area (Å²) in [5.74, 6) is -0.259. The molecule has 4 atom stereocenters. The smallest absolute Gasteiger partial charge is 0.135 e. The summed E-state index contributed by atoms with van der Waals surface area (Å²) in [4.78, 5) is 13.3. The van der Waals surface area contributed by atoms with Crippen molar-refractivity contribution in [3.05, 3.63) is 0 Å². The van der Waals surface area contributed by atoms with Crippen LogP contribution in [0.15, 0.2) is 0 Å². The van der Waals surface area contributed by atoms with Gasteiger partial charge in [-0.05, 0) is 20.4 Å². The lowest BCUT2D eigenvalue weighted by atomic mass is 9.93. The molecule has 1 saturated heterocycles. The van der Waals surface area contributed by atoms with Crippen molar-refractivity contribution in [1.82, 2.24) is 4.90 Å². The maximum Gasteiger partial charge on any atom is 0.135 e. The van der Waals surface area contributed by atoms with Crippen LogP contribution in [-0.4, -0.2) is 54.7 Å². The SMILES string of the molecule is COC1C[C@@H](C(O)[C@H](C)C(C)=O)N(C)C1. The van der Waals surface area contributed by atoms with Crippen molar-refractivity contribution in [2.75, 3.05) is 20.7 Å². The first-order valence-electron chi connectivity index (χ1n) is 5.39. The van der Waals surface area contributed by atoms with Crippen LogP contribution in [0.2, 0.25) is 0 Å². The molecular weight excluding hydrogens is 194 g/mol. The number of Topliss-reactive ketones (excluding diaryl/α,β-unsaturated/α-hetero) is 1. The fourth-order valence-corrected chi connectivity index (χ4v) is 2.13. The van der Waals surface area contributed by atoms with Crippen molar-refractivity contribution in [3.63, 3.8) is 0 Å². The van der Waals surface area contributed by atoms with Crippen LogP contribution in [-0.2, 0) is 9.53 Å². The third-order valence-electron chi connectivity index (χ3n) is 3.44. The molecule has 4 nitrogen and oxygen atoms in total. The van der Waals surface area contributed by atoms with Gasteiger partial charge in [0.15, 0.2) is 0 Å². The molecule has 1 aliphatic rings. The molecule has 0 aromatic heterocycles. The largest absolute Gasteiger partial charge is 0.391 e. The van der Waals surface area contributed by atoms with E-state index in [0.717, 1.165) is 13.0 Å². The van der Waals surface area contributed by atoms with E-state index < -0.39 is 6.10 Å². The van der Waals surface area contributed by atoms with Crippen LogP contribution < -0.4 is 0 Å². The Labute approximate surface area is 91.2 Å². The average molecular weight is 215 g/mol. The van der Waals surface area contributed by atoms with Crippen LogP contribution in [0.25, 0.3) is 0 Å². The number of rotatable bonds is 4. The van der Waals surface area contributed by atoms with Gasteiger partial charge in [0, 0.05) is 25.6 Å². The summed E-state index contributed by atoms with van der Waals surface area (Å²) in [5.41, 5.74) is 0. The Kier molecular flexibility index (Phi) is 4.25. The summed E-state index contributed by atoms with van der Waals surface area (Å²) in [6.45, 7) is 4.13. The third-order valence-corrected chi connectivity index (χ3v) is 3.44. The molecule has 1 heterocycles. The molecule has 0 bridgehead atoms. The number of hydrogen-bond donors (Lipinski definition) is 1. The first-order valence-corrected chi connectivity index (χ1v) is 5.39. The minimum absolute atomic E-state index is 0.0360. The quantitative estimate of drug-likeness (QED) is 0.732. The molecule has 1 aliphatic heterocycles. The summed E-state index contributed by atoms with van der Waals surface area (Å²) in [7, 11) is 3.64. The molecule has 0 saturated carbocycles. The summed E-state index contributed by atoms with van der Waals surface area (Å²) >= 11 is 0. The highest BCUT2D eigenvalue weighted by Gasteiger charge is 2.37. The molecule has 1 N–H and O–H groups in total. The molecule has 0 aromatic rings. The molecule has 0 aromatic carbocycles. The van der Waals surface area contributed by atoms with Crippen LogP contribution in [0.1, 0.15) is 20.3 Å².